The first-order valence-electron chi connectivity index (χ1n) is 8.18. The standard InChI is InChI=1S/C16H28N4O/c1-4-9-17-15-18-10-7-14(20-15)19-13-8-11-21-16(5-2,6-3)12-13/h7,10,13H,4-6,8-9,11-12H2,1-3H3,(H2,17,18,19,20). The van der Waals surface area contributed by atoms with Gasteiger partial charge in [0, 0.05) is 25.4 Å². The van der Waals surface area contributed by atoms with Gasteiger partial charge in [-0.2, -0.15) is 4.98 Å². The van der Waals surface area contributed by atoms with Gasteiger partial charge in [-0.25, -0.2) is 4.98 Å². The van der Waals surface area contributed by atoms with Crippen LogP contribution in [-0.2, 0) is 4.74 Å². The lowest BCUT2D eigenvalue weighted by Gasteiger charge is -2.40. The van der Waals surface area contributed by atoms with Crippen molar-refractivity contribution in [1.82, 2.24) is 9.97 Å². The number of hydrogen-bond donors (Lipinski definition) is 2. The second kappa shape index (κ2) is 7.59. The van der Waals surface area contributed by atoms with Crippen LogP contribution in [0.4, 0.5) is 11.8 Å². The maximum Gasteiger partial charge on any atom is 0.224 e. The molecule has 0 saturated carbocycles. The molecule has 1 aliphatic rings. The van der Waals surface area contributed by atoms with Gasteiger partial charge in [0.2, 0.25) is 5.95 Å². The first-order valence-corrected chi connectivity index (χ1v) is 8.18. The maximum atomic E-state index is 6.02. The summed E-state index contributed by atoms with van der Waals surface area (Å²) in [4.78, 5) is 8.77. The van der Waals surface area contributed by atoms with Gasteiger partial charge in [-0.3, -0.25) is 0 Å². The molecule has 1 aliphatic heterocycles. The molecule has 2 N–H and O–H groups in total. The molecule has 1 atom stereocenters. The van der Waals surface area contributed by atoms with E-state index in [-0.39, 0.29) is 5.60 Å². The van der Waals surface area contributed by atoms with Crippen molar-refractivity contribution in [3.05, 3.63) is 12.3 Å². The molecule has 0 radical (unpaired) electrons. The highest BCUT2D eigenvalue weighted by atomic mass is 16.5. The molecule has 1 unspecified atom stereocenters. The molecule has 21 heavy (non-hydrogen) atoms. The fraction of sp³-hybridized carbons (Fsp3) is 0.750. The molecule has 118 valence electrons. The van der Waals surface area contributed by atoms with Gasteiger partial charge in [0.15, 0.2) is 0 Å². The van der Waals surface area contributed by atoms with Crippen LogP contribution in [0.3, 0.4) is 0 Å². The summed E-state index contributed by atoms with van der Waals surface area (Å²) >= 11 is 0. The molecule has 0 bridgehead atoms. The van der Waals surface area contributed by atoms with Gasteiger partial charge in [-0.1, -0.05) is 20.8 Å². The zero-order valence-electron chi connectivity index (χ0n) is 13.5. The lowest BCUT2D eigenvalue weighted by Crippen LogP contribution is -2.43. The fourth-order valence-electron chi connectivity index (χ4n) is 2.86. The van der Waals surface area contributed by atoms with Gasteiger partial charge in [-0.15, -0.1) is 0 Å². The van der Waals surface area contributed by atoms with Crippen LogP contribution in [0.5, 0.6) is 0 Å². The van der Waals surface area contributed by atoms with E-state index in [1.54, 1.807) is 6.20 Å². The Kier molecular flexibility index (Phi) is 5.79. The molecular formula is C16H28N4O. The quantitative estimate of drug-likeness (QED) is 0.806. The first kappa shape index (κ1) is 16.0. The third-order valence-electron chi connectivity index (χ3n) is 4.32. The molecule has 2 heterocycles. The van der Waals surface area contributed by atoms with Crippen LogP contribution in [0.1, 0.15) is 52.9 Å². The Labute approximate surface area is 127 Å². The van der Waals surface area contributed by atoms with Crippen LogP contribution >= 0.6 is 0 Å². The summed E-state index contributed by atoms with van der Waals surface area (Å²) in [5, 5.41) is 6.77. The van der Waals surface area contributed by atoms with Crippen molar-refractivity contribution >= 4 is 11.8 Å². The molecule has 0 aliphatic carbocycles. The van der Waals surface area contributed by atoms with E-state index in [1.807, 2.05) is 6.07 Å². The van der Waals surface area contributed by atoms with E-state index in [0.29, 0.717) is 12.0 Å². The molecule has 2 rings (SSSR count). The van der Waals surface area contributed by atoms with Crippen LogP contribution in [0, 0.1) is 0 Å². The molecule has 1 aromatic rings. The predicted octanol–water partition coefficient (Wildman–Crippen LogP) is 3.45. The van der Waals surface area contributed by atoms with Crippen LogP contribution in [-0.4, -0.2) is 34.8 Å². The normalized spacial score (nSPS) is 21.0. The number of rotatable bonds is 7. The fourth-order valence-corrected chi connectivity index (χ4v) is 2.86. The zero-order chi connectivity index (χ0) is 15.1. The van der Waals surface area contributed by atoms with Crippen molar-refractivity contribution in [2.24, 2.45) is 0 Å². The molecule has 1 aromatic heterocycles. The molecular weight excluding hydrogens is 264 g/mol. The summed E-state index contributed by atoms with van der Waals surface area (Å²) in [6.45, 7) is 8.28. The highest BCUT2D eigenvalue weighted by Crippen LogP contribution is 2.32. The molecule has 0 aromatic carbocycles. The average molecular weight is 292 g/mol. The Morgan fingerprint density at radius 3 is 2.86 bits per heavy atom. The monoisotopic (exact) mass is 292 g/mol. The lowest BCUT2D eigenvalue weighted by atomic mass is 9.86. The average Bonchev–Trinajstić information content (AvgIpc) is 2.53. The van der Waals surface area contributed by atoms with E-state index >= 15 is 0 Å². The summed E-state index contributed by atoms with van der Waals surface area (Å²) in [5.41, 5.74) is 0.0340. The molecule has 5 nitrogen and oxygen atoms in total. The summed E-state index contributed by atoms with van der Waals surface area (Å²) in [7, 11) is 0. The zero-order valence-corrected chi connectivity index (χ0v) is 13.5. The number of hydrogen-bond acceptors (Lipinski definition) is 5. The van der Waals surface area contributed by atoms with Crippen molar-refractivity contribution < 1.29 is 4.74 Å². The summed E-state index contributed by atoms with van der Waals surface area (Å²) in [6.07, 6.45) is 7.07. The Morgan fingerprint density at radius 1 is 1.33 bits per heavy atom. The van der Waals surface area contributed by atoms with Crippen molar-refractivity contribution in [2.45, 2.75) is 64.5 Å². The van der Waals surface area contributed by atoms with Crippen LogP contribution in [0.2, 0.25) is 0 Å². The van der Waals surface area contributed by atoms with Crippen LogP contribution < -0.4 is 10.6 Å². The van der Waals surface area contributed by atoms with Gasteiger partial charge < -0.3 is 15.4 Å². The number of nitrogens with zero attached hydrogens (tertiary/aromatic N) is 2. The number of nitrogens with one attached hydrogen (secondary N) is 2. The van der Waals surface area contributed by atoms with Gasteiger partial charge in [0.1, 0.15) is 5.82 Å². The second-order valence-corrected chi connectivity index (χ2v) is 5.76. The Hall–Kier alpha value is -1.36. The first-order chi connectivity index (χ1) is 10.2. The smallest absolute Gasteiger partial charge is 0.224 e. The molecule has 1 fully saturated rings. The Morgan fingerprint density at radius 2 is 2.14 bits per heavy atom. The van der Waals surface area contributed by atoms with E-state index in [4.69, 9.17) is 4.74 Å². The Bertz CT molecular complexity index is 434. The number of aromatic nitrogens is 2. The second-order valence-electron chi connectivity index (χ2n) is 5.76. The maximum absolute atomic E-state index is 6.02. The summed E-state index contributed by atoms with van der Waals surface area (Å²) in [5.74, 6) is 1.60. The van der Waals surface area contributed by atoms with E-state index in [2.05, 4.69) is 41.4 Å². The lowest BCUT2D eigenvalue weighted by molar-refractivity contribution is -0.0864. The van der Waals surface area contributed by atoms with Gasteiger partial charge in [-0.05, 0) is 38.2 Å². The SMILES string of the molecule is CCCNc1nccc(NC2CCOC(CC)(CC)C2)n1. The van der Waals surface area contributed by atoms with E-state index in [0.717, 1.165) is 51.1 Å². The largest absolute Gasteiger partial charge is 0.375 e. The van der Waals surface area contributed by atoms with Crippen LogP contribution in [0.25, 0.3) is 0 Å². The van der Waals surface area contributed by atoms with Crippen molar-refractivity contribution in [3.8, 4) is 0 Å². The highest BCUT2D eigenvalue weighted by Gasteiger charge is 2.34. The van der Waals surface area contributed by atoms with Crippen molar-refractivity contribution in [3.63, 3.8) is 0 Å². The third-order valence-corrected chi connectivity index (χ3v) is 4.32. The van der Waals surface area contributed by atoms with Gasteiger partial charge >= 0.3 is 0 Å². The number of ether oxygens (including phenoxy) is 1. The highest BCUT2D eigenvalue weighted by molar-refractivity contribution is 5.40. The molecule has 0 amide bonds. The number of anilines is 2. The predicted molar refractivity (Wildman–Crippen MR) is 86.7 cm³/mol. The van der Waals surface area contributed by atoms with E-state index in [1.165, 1.54) is 0 Å². The minimum absolute atomic E-state index is 0.0340. The van der Waals surface area contributed by atoms with E-state index < -0.39 is 0 Å². The Balaban J connectivity index is 1.97. The molecule has 5 heteroatoms. The molecule has 0 spiro atoms. The molecule has 1 saturated heterocycles. The van der Waals surface area contributed by atoms with Gasteiger partial charge in [0.25, 0.3) is 0 Å². The summed E-state index contributed by atoms with van der Waals surface area (Å²) in [6, 6.07) is 2.36. The minimum Gasteiger partial charge on any atom is -0.375 e. The van der Waals surface area contributed by atoms with Crippen LogP contribution in [0.15, 0.2) is 12.3 Å². The topological polar surface area (TPSA) is 59.1 Å². The van der Waals surface area contributed by atoms with Gasteiger partial charge in [0.05, 0.1) is 5.60 Å². The van der Waals surface area contributed by atoms with Crippen molar-refractivity contribution in [1.29, 1.82) is 0 Å². The van der Waals surface area contributed by atoms with Crippen molar-refractivity contribution in [2.75, 3.05) is 23.8 Å². The summed E-state index contributed by atoms with van der Waals surface area (Å²) < 4.78 is 6.02. The minimum atomic E-state index is 0.0340. The third kappa shape index (κ3) is 4.30. The van der Waals surface area contributed by atoms with E-state index in [9.17, 15) is 0 Å².